The molecule has 0 aromatic heterocycles. The molecule has 1 N–H and O–H groups in total. The number of nitrogens with zero attached hydrogens (tertiary/aromatic N) is 2. The maximum atomic E-state index is 12.2. The van der Waals surface area contributed by atoms with E-state index in [2.05, 4.69) is 24.1 Å². The Balaban J connectivity index is 1.74. The van der Waals surface area contributed by atoms with Gasteiger partial charge in [-0.1, -0.05) is 20.3 Å². The lowest BCUT2D eigenvalue weighted by Gasteiger charge is -2.40. The van der Waals surface area contributed by atoms with Gasteiger partial charge in [0.15, 0.2) is 0 Å². The smallest absolute Gasteiger partial charge is 0.223 e. The van der Waals surface area contributed by atoms with Crippen molar-refractivity contribution >= 4 is 5.91 Å². The first-order valence-corrected chi connectivity index (χ1v) is 8.34. The molecule has 2 fully saturated rings. The van der Waals surface area contributed by atoms with E-state index in [0.717, 1.165) is 32.7 Å². The Hall–Kier alpha value is -0.610. The van der Waals surface area contributed by atoms with Gasteiger partial charge in [0.25, 0.3) is 0 Å². The molecule has 0 aromatic carbocycles. The summed E-state index contributed by atoms with van der Waals surface area (Å²) in [7, 11) is 0. The Morgan fingerprint density at radius 2 is 2.00 bits per heavy atom. The molecular formula is C16H31N3O. The quantitative estimate of drug-likeness (QED) is 0.833. The van der Waals surface area contributed by atoms with Crippen molar-refractivity contribution in [2.45, 2.75) is 46.0 Å². The van der Waals surface area contributed by atoms with Crippen LogP contribution in [0.15, 0.2) is 0 Å². The predicted octanol–water partition coefficient (Wildman–Crippen LogP) is 1.71. The summed E-state index contributed by atoms with van der Waals surface area (Å²) in [6.45, 7) is 11.7. The van der Waals surface area contributed by atoms with Crippen LogP contribution < -0.4 is 5.32 Å². The van der Waals surface area contributed by atoms with Crippen molar-refractivity contribution in [2.75, 3.05) is 45.8 Å². The molecule has 2 rings (SSSR count). The molecule has 2 aliphatic heterocycles. The van der Waals surface area contributed by atoms with Gasteiger partial charge in [-0.15, -0.1) is 0 Å². The van der Waals surface area contributed by atoms with Gasteiger partial charge >= 0.3 is 0 Å². The molecule has 0 spiro atoms. The van der Waals surface area contributed by atoms with Crippen molar-refractivity contribution in [1.82, 2.24) is 15.1 Å². The SMILES string of the molecule is CCCC1(C)CCCN(CCC(=O)N2CCNCC2)C1. The van der Waals surface area contributed by atoms with Crippen LogP contribution in [0.4, 0.5) is 0 Å². The van der Waals surface area contributed by atoms with Crippen molar-refractivity contribution in [3.05, 3.63) is 0 Å². The zero-order valence-electron chi connectivity index (χ0n) is 13.3. The molecule has 2 aliphatic rings. The van der Waals surface area contributed by atoms with E-state index in [1.54, 1.807) is 0 Å². The van der Waals surface area contributed by atoms with Crippen molar-refractivity contribution in [1.29, 1.82) is 0 Å². The monoisotopic (exact) mass is 281 g/mol. The van der Waals surface area contributed by atoms with Gasteiger partial charge in [0.1, 0.15) is 0 Å². The number of piperazine rings is 1. The highest BCUT2D eigenvalue weighted by Crippen LogP contribution is 2.33. The van der Waals surface area contributed by atoms with E-state index in [-0.39, 0.29) is 0 Å². The minimum atomic E-state index is 0.342. The second-order valence-electron chi connectivity index (χ2n) is 6.82. The maximum Gasteiger partial charge on any atom is 0.223 e. The van der Waals surface area contributed by atoms with Crippen molar-refractivity contribution < 1.29 is 4.79 Å². The lowest BCUT2D eigenvalue weighted by atomic mass is 9.78. The van der Waals surface area contributed by atoms with Crippen molar-refractivity contribution in [2.24, 2.45) is 5.41 Å². The highest BCUT2D eigenvalue weighted by Gasteiger charge is 2.30. The molecule has 0 radical (unpaired) electrons. The Bertz CT molecular complexity index is 311. The largest absolute Gasteiger partial charge is 0.340 e. The topological polar surface area (TPSA) is 35.6 Å². The van der Waals surface area contributed by atoms with Gasteiger partial charge in [-0.2, -0.15) is 0 Å². The van der Waals surface area contributed by atoms with Gasteiger partial charge in [0.05, 0.1) is 0 Å². The molecule has 4 heteroatoms. The van der Waals surface area contributed by atoms with E-state index in [4.69, 9.17) is 0 Å². The third kappa shape index (κ3) is 4.45. The van der Waals surface area contributed by atoms with Crippen LogP contribution in [0.5, 0.6) is 0 Å². The Morgan fingerprint density at radius 1 is 1.25 bits per heavy atom. The van der Waals surface area contributed by atoms with Crippen molar-refractivity contribution in [3.63, 3.8) is 0 Å². The van der Waals surface area contributed by atoms with Crippen LogP contribution >= 0.6 is 0 Å². The van der Waals surface area contributed by atoms with Crippen LogP contribution in [-0.4, -0.2) is 61.5 Å². The second-order valence-corrected chi connectivity index (χ2v) is 6.82. The minimum absolute atomic E-state index is 0.342. The molecule has 2 heterocycles. The lowest BCUT2D eigenvalue weighted by molar-refractivity contribution is -0.132. The number of likely N-dealkylation sites (tertiary alicyclic amines) is 1. The lowest BCUT2D eigenvalue weighted by Crippen LogP contribution is -2.48. The summed E-state index contributed by atoms with van der Waals surface area (Å²) >= 11 is 0. The summed E-state index contributed by atoms with van der Waals surface area (Å²) in [5, 5.41) is 3.30. The van der Waals surface area contributed by atoms with E-state index in [1.165, 1.54) is 38.8 Å². The highest BCUT2D eigenvalue weighted by atomic mass is 16.2. The highest BCUT2D eigenvalue weighted by molar-refractivity contribution is 5.76. The molecule has 20 heavy (non-hydrogen) atoms. The predicted molar refractivity (Wildman–Crippen MR) is 82.8 cm³/mol. The van der Waals surface area contributed by atoms with Crippen LogP contribution in [0.1, 0.15) is 46.0 Å². The fourth-order valence-electron chi connectivity index (χ4n) is 3.75. The fraction of sp³-hybridized carbons (Fsp3) is 0.938. The number of carbonyl (C=O) groups is 1. The van der Waals surface area contributed by atoms with Crippen LogP contribution in [0, 0.1) is 5.41 Å². The van der Waals surface area contributed by atoms with Gasteiger partial charge in [0.2, 0.25) is 5.91 Å². The van der Waals surface area contributed by atoms with E-state index >= 15 is 0 Å². The van der Waals surface area contributed by atoms with Crippen LogP contribution in [-0.2, 0) is 4.79 Å². The van der Waals surface area contributed by atoms with Gasteiger partial charge in [-0.05, 0) is 31.2 Å². The van der Waals surface area contributed by atoms with Crippen LogP contribution in [0.25, 0.3) is 0 Å². The van der Waals surface area contributed by atoms with E-state index < -0.39 is 0 Å². The summed E-state index contributed by atoms with van der Waals surface area (Å²) in [5.74, 6) is 0.342. The van der Waals surface area contributed by atoms with Gasteiger partial charge in [-0.25, -0.2) is 0 Å². The van der Waals surface area contributed by atoms with Gasteiger partial charge in [0, 0.05) is 45.7 Å². The molecule has 0 aliphatic carbocycles. The van der Waals surface area contributed by atoms with E-state index in [1.807, 2.05) is 4.90 Å². The molecule has 4 nitrogen and oxygen atoms in total. The number of hydrogen-bond acceptors (Lipinski definition) is 3. The van der Waals surface area contributed by atoms with Gasteiger partial charge in [-0.3, -0.25) is 4.79 Å². The molecule has 1 amide bonds. The Labute approximate surface area is 123 Å². The normalized spacial score (nSPS) is 28.6. The standard InChI is InChI=1S/C16H31N3O/c1-3-6-16(2)7-4-10-18(14-16)11-5-15(20)19-12-8-17-9-13-19/h17H,3-14H2,1-2H3. The van der Waals surface area contributed by atoms with Crippen molar-refractivity contribution in [3.8, 4) is 0 Å². The Kier molecular flexibility index (Phi) is 5.85. The van der Waals surface area contributed by atoms with E-state index in [0.29, 0.717) is 17.7 Å². The zero-order valence-corrected chi connectivity index (χ0v) is 13.3. The number of piperidine rings is 1. The summed E-state index contributed by atoms with van der Waals surface area (Å²) in [5.41, 5.74) is 0.477. The summed E-state index contributed by atoms with van der Waals surface area (Å²) in [6, 6.07) is 0. The third-order valence-electron chi connectivity index (χ3n) is 4.83. The summed E-state index contributed by atoms with van der Waals surface area (Å²) in [6.07, 6.45) is 5.92. The average Bonchev–Trinajstić information content (AvgIpc) is 2.46. The number of carbonyl (C=O) groups excluding carboxylic acids is 1. The van der Waals surface area contributed by atoms with Crippen LogP contribution in [0.3, 0.4) is 0 Å². The molecule has 0 aromatic rings. The molecule has 0 bridgehead atoms. The molecule has 1 unspecified atom stereocenters. The summed E-state index contributed by atoms with van der Waals surface area (Å²) < 4.78 is 0. The molecule has 116 valence electrons. The first kappa shape index (κ1) is 15.8. The number of hydrogen-bond donors (Lipinski definition) is 1. The molecular weight excluding hydrogens is 250 g/mol. The third-order valence-corrected chi connectivity index (χ3v) is 4.83. The minimum Gasteiger partial charge on any atom is -0.340 e. The molecule has 1 atom stereocenters. The van der Waals surface area contributed by atoms with Gasteiger partial charge < -0.3 is 15.1 Å². The number of rotatable bonds is 5. The number of nitrogens with one attached hydrogen (secondary N) is 1. The van der Waals surface area contributed by atoms with Crippen LogP contribution in [0.2, 0.25) is 0 Å². The zero-order chi connectivity index (χ0) is 14.4. The first-order valence-electron chi connectivity index (χ1n) is 8.34. The van der Waals surface area contributed by atoms with E-state index in [9.17, 15) is 4.79 Å². The molecule has 0 saturated carbocycles. The summed E-state index contributed by atoms with van der Waals surface area (Å²) in [4.78, 5) is 16.7. The maximum absolute atomic E-state index is 12.2. The number of amides is 1. The second kappa shape index (κ2) is 7.41. The average molecular weight is 281 g/mol. The molecule has 2 saturated heterocycles. The fourth-order valence-corrected chi connectivity index (χ4v) is 3.75. The first-order chi connectivity index (χ1) is 9.63. The Morgan fingerprint density at radius 3 is 2.70 bits per heavy atom.